The van der Waals surface area contributed by atoms with Crippen molar-refractivity contribution in [1.29, 1.82) is 0 Å². The molecule has 0 saturated carbocycles. The highest BCUT2D eigenvalue weighted by atomic mass is 32.2. The lowest BCUT2D eigenvalue weighted by Crippen LogP contribution is -2.46. The molecule has 3 aromatic rings. The van der Waals surface area contributed by atoms with Gasteiger partial charge in [0.15, 0.2) is 0 Å². The zero-order chi connectivity index (χ0) is 33.0. The summed E-state index contributed by atoms with van der Waals surface area (Å²) < 4.78 is 44.0. The van der Waals surface area contributed by atoms with Crippen molar-refractivity contribution in [2.24, 2.45) is 4.99 Å². The normalized spacial score (nSPS) is 18.9. The molecule has 2 aliphatic heterocycles. The number of fused-ring (bicyclic) bond motifs is 2. The van der Waals surface area contributed by atoms with E-state index in [2.05, 4.69) is 22.2 Å². The summed E-state index contributed by atoms with van der Waals surface area (Å²) in [6, 6.07) is 15.9. The van der Waals surface area contributed by atoms with Crippen molar-refractivity contribution < 1.29 is 17.8 Å². The third-order valence-corrected chi connectivity index (χ3v) is 11.4. The summed E-state index contributed by atoms with van der Waals surface area (Å²) in [6.45, 7) is 3.34. The molecule has 47 heavy (non-hydrogen) atoms. The Morgan fingerprint density at radius 1 is 1.15 bits per heavy atom. The molecule has 3 heterocycles. The van der Waals surface area contributed by atoms with Crippen LogP contribution in [-0.4, -0.2) is 57.2 Å². The van der Waals surface area contributed by atoms with Gasteiger partial charge in [0.2, 0.25) is 0 Å². The van der Waals surface area contributed by atoms with Crippen LogP contribution >= 0.6 is 0 Å². The number of pyridine rings is 1. The molecule has 6 nitrogen and oxygen atoms in total. The molecule has 1 amide bonds. The zero-order valence-corrected chi connectivity index (χ0v) is 27.4. The first-order valence-corrected chi connectivity index (χ1v) is 17.8. The molecule has 1 aromatic heterocycles. The monoisotopic (exact) mass is 654 g/mol. The molecule has 1 N–H and O–H groups in total. The molecule has 0 bridgehead atoms. The molecule has 1 fully saturated rings. The van der Waals surface area contributed by atoms with Gasteiger partial charge in [-0.3, -0.25) is 14.8 Å². The summed E-state index contributed by atoms with van der Waals surface area (Å²) in [4.78, 5) is 22.9. The molecule has 0 spiro atoms. The van der Waals surface area contributed by atoms with Gasteiger partial charge < -0.3 is 5.32 Å². The lowest BCUT2D eigenvalue weighted by Gasteiger charge is -2.34. The number of aromatic nitrogens is 1. The number of halogens is 2. The molecule has 3 aliphatic rings. The summed E-state index contributed by atoms with van der Waals surface area (Å²) in [5.74, 6) is 0.893. The number of piperidine rings is 1. The van der Waals surface area contributed by atoms with Crippen LogP contribution in [-0.2, 0) is 22.1 Å². The lowest BCUT2D eigenvalue weighted by atomic mass is 9.88. The second-order valence-electron chi connectivity index (χ2n) is 12.4. The number of nitrogens with one attached hydrogen (secondary N) is 1. The molecule has 2 aromatic carbocycles. The lowest BCUT2D eigenvalue weighted by molar-refractivity contribution is 0.0519. The van der Waals surface area contributed by atoms with Crippen LogP contribution in [0.1, 0.15) is 71.6 Å². The maximum absolute atomic E-state index is 14.3. The highest BCUT2D eigenvalue weighted by molar-refractivity contribution is 7.98. The molecule has 6 rings (SSSR count). The maximum Gasteiger partial charge on any atom is 0.291 e. The number of aliphatic imine (C=N–C) groups is 1. The Balaban J connectivity index is 1.14. The summed E-state index contributed by atoms with van der Waals surface area (Å²) in [6.07, 6.45) is 14.2. The second kappa shape index (κ2) is 13.9. The third kappa shape index (κ3) is 7.36. The Bertz CT molecular complexity index is 1850. The van der Waals surface area contributed by atoms with E-state index in [0.717, 1.165) is 35.6 Å². The maximum atomic E-state index is 14.3. The first-order valence-electron chi connectivity index (χ1n) is 16.1. The second-order valence-corrected chi connectivity index (χ2v) is 14.7. The number of alkyl halides is 2. The van der Waals surface area contributed by atoms with Crippen molar-refractivity contribution in [3.63, 3.8) is 0 Å². The predicted molar refractivity (Wildman–Crippen MR) is 186 cm³/mol. The number of carbonyl (C=O) groups is 1. The first-order chi connectivity index (χ1) is 22.6. The quantitative estimate of drug-likeness (QED) is 0.207. The number of allylic oxidation sites excluding steroid dienone is 5. The Kier molecular flexibility index (Phi) is 9.66. The fraction of sp³-hybridized carbons (Fsp3) is 0.316. The van der Waals surface area contributed by atoms with Gasteiger partial charge in [-0.1, -0.05) is 48.1 Å². The Labute approximate surface area is 276 Å². The van der Waals surface area contributed by atoms with Gasteiger partial charge in [0.05, 0.1) is 21.1 Å². The van der Waals surface area contributed by atoms with E-state index < -0.39 is 15.6 Å². The number of hydrogen-bond acceptors (Lipinski definition) is 4. The van der Waals surface area contributed by atoms with Crippen LogP contribution in [0, 0.1) is 0 Å². The van der Waals surface area contributed by atoms with Crippen LogP contribution in [0.15, 0.2) is 106 Å². The summed E-state index contributed by atoms with van der Waals surface area (Å²) in [5.41, 5.74) is 7.26. The van der Waals surface area contributed by atoms with E-state index in [1.807, 2.05) is 28.7 Å². The average molecular weight is 655 g/mol. The van der Waals surface area contributed by atoms with Gasteiger partial charge in [0, 0.05) is 48.9 Å². The van der Waals surface area contributed by atoms with Gasteiger partial charge in [-0.2, -0.15) is 8.78 Å². The topological polar surface area (TPSA) is 74.7 Å². The highest BCUT2D eigenvalue weighted by Crippen LogP contribution is 2.37. The summed E-state index contributed by atoms with van der Waals surface area (Å²) in [7, 11) is -2.63. The number of hydrogen-bond donors (Lipinski definition) is 1. The SMILES string of the molecule is C=S(=O)(c1cccnc1)N1CCC(NC(=O)c2ccc3c(c2)C2=C(CCC=C(Cc4ccc(C(F)(F)/C=C/C)cc4)C2)CN=C3)CC1. The minimum atomic E-state index is -2.99. The minimum absolute atomic E-state index is 0.0165. The standard InChI is InChI=1S/C38H40F2N4O2S/c1-3-17-38(39,40)32-13-9-27(10-14-32)21-28-6-4-7-30-24-42-25-31-12-11-29(23-36(31)35(30)22-28)37(45)43-33-15-19-44(20-16-33)47(2,46)34-8-5-18-41-26-34/h3,5-6,8-14,17-18,23,25-26,33H,2,4,7,15-16,19-22,24H2,1H3,(H,43,45)/b17-3+. The number of benzene rings is 2. The van der Waals surface area contributed by atoms with Gasteiger partial charge in [-0.05, 0) is 109 Å². The van der Waals surface area contributed by atoms with Crippen LogP contribution < -0.4 is 5.32 Å². The van der Waals surface area contributed by atoms with Gasteiger partial charge in [-0.25, -0.2) is 8.51 Å². The van der Waals surface area contributed by atoms with Gasteiger partial charge in [0.1, 0.15) is 0 Å². The highest BCUT2D eigenvalue weighted by Gasteiger charge is 2.29. The molecule has 244 valence electrons. The van der Waals surface area contributed by atoms with E-state index >= 15 is 0 Å². The number of rotatable bonds is 8. The molecule has 0 radical (unpaired) electrons. The number of nitrogens with zero attached hydrogens (tertiary/aromatic N) is 3. The molecular formula is C38H40F2N4O2S. The Morgan fingerprint density at radius 2 is 1.94 bits per heavy atom. The van der Waals surface area contributed by atoms with Crippen molar-refractivity contribution in [2.45, 2.75) is 62.3 Å². The van der Waals surface area contributed by atoms with E-state index in [4.69, 9.17) is 4.99 Å². The van der Waals surface area contributed by atoms with Crippen molar-refractivity contribution in [2.75, 3.05) is 19.6 Å². The molecule has 1 saturated heterocycles. The van der Waals surface area contributed by atoms with Gasteiger partial charge in [0.25, 0.3) is 11.8 Å². The zero-order valence-electron chi connectivity index (χ0n) is 26.6. The Morgan fingerprint density at radius 3 is 2.66 bits per heavy atom. The molecule has 1 unspecified atom stereocenters. The fourth-order valence-corrected chi connectivity index (χ4v) is 8.22. The molecular weight excluding hydrogens is 615 g/mol. The largest absolute Gasteiger partial charge is 0.349 e. The van der Waals surface area contributed by atoms with Crippen molar-refractivity contribution in [3.8, 4) is 0 Å². The van der Waals surface area contributed by atoms with Crippen LogP contribution in [0.2, 0.25) is 0 Å². The van der Waals surface area contributed by atoms with Crippen LogP contribution in [0.5, 0.6) is 0 Å². The number of amides is 1. The van der Waals surface area contributed by atoms with Crippen molar-refractivity contribution in [3.05, 3.63) is 124 Å². The van der Waals surface area contributed by atoms with E-state index in [1.54, 1.807) is 43.6 Å². The van der Waals surface area contributed by atoms with E-state index in [1.165, 1.54) is 34.9 Å². The number of carbonyl (C=O) groups excluding carboxylic acids is 1. The predicted octanol–water partition coefficient (Wildman–Crippen LogP) is 7.17. The first kappa shape index (κ1) is 32.7. The van der Waals surface area contributed by atoms with Gasteiger partial charge >= 0.3 is 0 Å². The van der Waals surface area contributed by atoms with Crippen LogP contribution in [0.4, 0.5) is 8.78 Å². The van der Waals surface area contributed by atoms with E-state index in [0.29, 0.717) is 55.8 Å². The molecule has 9 heteroatoms. The average Bonchev–Trinajstić information content (AvgIpc) is 3.37. The van der Waals surface area contributed by atoms with E-state index in [-0.39, 0.29) is 17.5 Å². The van der Waals surface area contributed by atoms with Gasteiger partial charge in [-0.15, -0.1) is 0 Å². The van der Waals surface area contributed by atoms with Crippen LogP contribution in [0.25, 0.3) is 5.57 Å². The fourth-order valence-electron chi connectivity index (χ4n) is 6.61. The molecule has 1 aliphatic carbocycles. The smallest absolute Gasteiger partial charge is 0.291 e. The third-order valence-electron chi connectivity index (χ3n) is 9.22. The summed E-state index contributed by atoms with van der Waals surface area (Å²) in [5, 5.41) is 3.21. The van der Waals surface area contributed by atoms with Crippen molar-refractivity contribution >= 4 is 33.3 Å². The Hall–Kier alpha value is -4.21. The minimum Gasteiger partial charge on any atom is -0.349 e. The van der Waals surface area contributed by atoms with E-state index in [9.17, 15) is 17.8 Å². The molecule has 1 atom stereocenters. The summed E-state index contributed by atoms with van der Waals surface area (Å²) >= 11 is 0. The van der Waals surface area contributed by atoms with Crippen molar-refractivity contribution in [1.82, 2.24) is 14.6 Å². The van der Waals surface area contributed by atoms with Crippen LogP contribution in [0.3, 0.4) is 0 Å².